The van der Waals surface area contributed by atoms with Crippen molar-refractivity contribution in [3.05, 3.63) is 65.2 Å². The Hall–Kier alpha value is -2.58. The number of hydrogen-bond acceptors (Lipinski definition) is 4. The molecular weight excluding hydrogens is 462 g/mol. The molecule has 0 heterocycles. The monoisotopic (exact) mass is 493 g/mol. The van der Waals surface area contributed by atoms with Gasteiger partial charge < -0.3 is 10.2 Å². The molecule has 1 atom stereocenters. The second-order valence-electron chi connectivity index (χ2n) is 8.16. The highest BCUT2D eigenvalue weighted by Crippen LogP contribution is 2.22. The fourth-order valence-electron chi connectivity index (χ4n) is 3.52. The van der Waals surface area contributed by atoms with Crippen LogP contribution in [0.2, 0.25) is 5.02 Å². The first-order valence-electron chi connectivity index (χ1n) is 10.9. The summed E-state index contributed by atoms with van der Waals surface area (Å²) in [6.07, 6.45) is 1.97. The predicted molar refractivity (Wildman–Crippen MR) is 133 cm³/mol. The molecule has 1 N–H and O–H groups in total. The van der Waals surface area contributed by atoms with E-state index in [0.29, 0.717) is 23.6 Å². The molecule has 0 bridgehead atoms. The number of hydrogen-bond donors (Lipinski definition) is 1. The van der Waals surface area contributed by atoms with Gasteiger partial charge in [-0.3, -0.25) is 13.9 Å². The van der Waals surface area contributed by atoms with Gasteiger partial charge >= 0.3 is 0 Å². The third-order valence-electron chi connectivity index (χ3n) is 5.08. The summed E-state index contributed by atoms with van der Waals surface area (Å²) in [5.74, 6) is -0.718. The van der Waals surface area contributed by atoms with Crippen molar-refractivity contribution in [3.63, 3.8) is 0 Å². The van der Waals surface area contributed by atoms with Crippen LogP contribution in [-0.4, -0.2) is 56.6 Å². The van der Waals surface area contributed by atoms with Crippen molar-refractivity contribution in [2.45, 2.75) is 45.7 Å². The van der Waals surface area contributed by atoms with Crippen LogP contribution in [0.15, 0.2) is 54.6 Å². The minimum absolute atomic E-state index is 0.0865. The largest absolute Gasteiger partial charge is 0.352 e. The van der Waals surface area contributed by atoms with Gasteiger partial charge in [0.1, 0.15) is 12.6 Å². The molecule has 0 aliphatic heterocycles. The van der Waals surface area contributed by atoms with E-state index in [1.54, 1.807) is 18.2 Å². The lowest BCUT2D eigenvalue weighted by Crippen LogP contribution is -2.54. The lowest BCUT2D eigenvalue weighted by atomic mass is 10.1. The van der Waals surface area contributed by atoms with E-state index < -0.39 is 28.5 Å². The average molecular weight is 494 g/mol. The molecule has 2 aromatic carbocycles. The average Bonchev–Trinajstić information content (AvgIpc) is 2.74. The van der Waals surface area contributed by atoms with Crippen molar-refractivity contribution >= 4 is 39.1 Å². The number of amides is 2. The number of halogens is 1. The van der Waals surface area contributed by atoms with Crippen molar-refractivity contribution in [2.24, 2.45) is 0 Å². The Kier molecular flexibility index (Phi) is 9.73. The summed E-state index contributed by atoms with van der Waals surface area (Å²) in [5.41, 5.74) is 1.31. The first kappa shape index (κ1) is 26.7. The molecule has 0 aliphatic carbocycles. The van der Waals surface area contributed by atoms with Crippen LogP contribution in [0.5, 0.6) is 0 Å². The van der Waals surface area contributed by atoms with Crippen LogP contribution in [0.1, 0.15) is 32.8 Å². The number of nitrogens with one attached hydrogen (secondary N) is 1. The van der Waals surface area contributed by atoms with Crippen molar-refractivity contribution in [1.29, 1.82) is 0 Å². The molecule has 0 saturated heterocycles. The lowest BCUT2D eigenvalue weighted by Gasteiger charge is -2.33. The maximum atomic E-state index is 13.5. The number of benzene rings is 2. The van der Waals surface area contributed by atoms with E-state index in [-0.39, 0.29) is 18.5 Å². The minimum atomic E-state index is -3.78. The number of nitrogens with zero attached hydrogens (tertiary/aromatic N) is 2. The molecule has 0 saturated carbocycles. The van der Waals surface area contributed by atoms with Crippen LogP contribution in [0.25, 0.3) is 0 Å². The molecule has 33 heavy (non-hydrogen) atoms. The highest BCUT2D eigenvalue weighted by Gasteiger charge is 2.31. The number of rotatable bonds is 11. The Morgan fingerprint density at radius 1 is 1.06 bits per heavy atom. The summed E-state index contributed by atoms with van der Waals surface area (Å²) in [4.78, 5) is 27.8. The summed E-state index contributed by atoms with van der Waals surface area (Å²) in [7, 11) is -3.78. The fourth-order valence-corrected chi connectivity index (χ4v) is 4.55. The predicted octanol–water partition coefficient (Wildman–Crippen LogP) is 3.48. The number of anilines is 1. The Labute approximate surface area is 201 Å². The zero-order valence-electron chi connectivity index (χ0n) is 19.5. The number of carbonyl (C=O) groups excluding carboxylic acids is 2. The van der Waals surface area contributed by atoms with Gasteiger partial charge in [0.05, 0.1) is 11.9 Å². The van der Waals surface area contributed by atoms with Crippen molar-refractivity contribution in [3.8, 4) is 0 Å². The van der Waals surface area contributed by atoms with Gasteiger partial charge in [-0.2, -0.15) is 0 Å². The quantitative estimate of drug-likeness (QED) is 0.519. The van der Waals surface area contributed by atoms with E-state index >= 15 is 0 Å². The van der Waals surface area contributed by atoms with E-state index in [0.717, 1.165) is 16.1 Å². The molecule has 2 amide bonds. The topological polar surface area (TPSA) is 86.8 Å². The van der Waals surface area contributed by atoms with Gasteiger partial charge in [-0.1, -0.05) is 54.9 Å². The SMILES string of the molecule is CCC(C(=O)NC(C)C)N(CCc1ccccc1)C(=O)CN(c1cccc(Cl)c1)S(C)(=O)=O. The summed E-state index contributed by atoms with van der Waals surface area (Å²) < 4.78 is 26.1. The van der Waals surface area contributed by atoms with Gasteiger partial charge in [-0.25, -0.2) is 8.42 Å². The smallest absolute Gasteiger partial charge is 0.244 e. The second-order valence-corrected chi connectivity index (χ2v) is 10.5. The minimum Gasteiger partial charge on any atom is -0.352 e. The van der Waals surface area contributed by atoms with Crippen LogP contribution in [0.3, 0.4) is 0 Å². The first-order valence-corrected chi connectivity index (χ1v) is 13.1. The second kappa shape index (κ2) is 12.0. The van der Waals surface area contributed by atoms with Crippen molar-refractivity contribution in [1.82, 2.24) is 10.2 Å². The van der Waals surface area contributed by atoms with Gasteiger partial charge in [-0.15, -0.1) is 0 Å². The Bertz CT molecular complexity index is 1040. The molecule has 0 aliphatic rings. The summed E-state index contributed by atoms with van der Waals surface area (Å²) in [6, 6.07) is 15.2. The van der Waals surface area contributed by atoms with Crippen LogP contribution in [-0.2, 0) is 26.0 Å². The van der Waals surface area contributed by atoms with Crippen LogP contribution < -0.4 is 9.62 Å². The normalized spacial score (nSPS) is 12.3. The number of carbonyl (C=O) groups is 2. The zero-order chi connectivity index (χ0) is 24.6. The van der Waals surface area contributed by atoms with Gasteiger partial charge in [0.15, 0.2) is 0 Å². The van der Waals surface area contributed by atoms with Crippen molar-refractivity contribution < 1.29 is 18.0 Å². The summed E-state index contributed by atoms with van der Waals surface area (Å²) in [6.45, 7) is 5.38. The number of sulfonamides is 1. The van der Waals surface area contributed by atoms with E-state index in [9.17, 15) is 18.0 Å². The summed E-state index contributed by atoms with van der Waals surface area (Å²) in [5, 5.41) is 3.23. The van der Waals surface area contributed by atoms with Gasteiger partial charge in [-0.05, 0) is 50.5 Å². The van der Waals surface area contributed by atoms with Crippen LogP contribution in [0.4, 0.5) is 5.69 Å². The Morgan fingerprint density at radius 2 is 1.73 bits per heavy atom. The third kappa shape index (κ3) is 8.05. The first-order chi connectivity index (χ1) is 15.5. The highest BCUT2D eigenvalue weighted by molar-refractivity contribution is 7.92. The van der Waals surface area contributed by atoms with Gasteiger partial charge in [0.2, 0.25) is 21.8 Å². The molecule has 9 heteroatoms. The Morgan fingerprint density at radius 3 is 2.27 bits per heavy atom. The maximum Gasteiger partial charge on any atom is 0.244 e. The highest BCUT2D eigenvalue weighted by atomic mass is 35.5. The molecule has 180 valence electrons. The molecule has 0 spiro atoms. The third-order valence-corrected chi connectivity index (χ3v) is 6.45. The molecule has 2 aromatic rings. The molecule has 0 fully saturated rings. The molecule has 0 radical (unpaired) electrons. The zero-order valence-corrected chi connectivity index (χ0v) is 21.1. The van der Waals surface area contributed by atoms with E-state index in [1.807, 2.05) is 51.1 Å². The van der Waals surface area contributed by atoms with Gasteiger partial charge in [0.25, 0.3) is 0 Å². The Balaban J connectivity index is 2.36. The molecule has 2 rings (SSSR count). The molecular formula is C24H32ClN3O4S. The van der Waals surface area contributed by atoms with Crippen LogP contribution >= 0.6 is 11.6 Å². The van der Waals surface area contributed by atoms with E-state index in [4.69, 9.17) is 11.6 Å². The van der Waals surface area contributed by atoms with Gasteiger partial charge in [0, 0.05) is 17.6 Å². The molecule has 0 aromatic heterocycles. The van der Waals surface area contributed by atoms with Crippen LogP contribution in [0, 0.1) is 0 Å². The molecule has 7 nitrogen and oxygen atoms in total. The molecule has 1 unspecified atom stereocenters. The van der Waals surface area contributed by atoms with Crippen molar-refractivity contribution in [2.75, 3.05) is 23.7 Å². The summed E-state index contributed by atoms with van der Waals surface area (Å²) >= 11 is 6.05. The maximum absolute atomic E-state index is 13.5. The standard InChI is InChI=1S/C24H32ClN3O4S/c1-5-22(24(30)26-18(2)3)27(15-14-19-10-7-6-8-11-19)23(29)17-28(33(4,31)32)21-13-9-12-20(25)16-21/h6-13,16,18,22H,5,14-15,17H2,1-4H3,(H,26,30). The van der Waals surface area contributed by atoms with E-state index in [1.165, 1.54) is 11.0 Å². The fraction of sp³-hybridized carbons (Fsp3) is 0.417. The van der Waals surface area contributed by atoms with E-state index in [2.05, 4.69) is 5.32 Å². The lowest BCUT2D eigenvalue weighted by molar-refractivity contribution is -0.139.